The molecule has 1 aromatic carbocycles. The molecule has 4 heteroatoms. The van der Waals surface area contributed by atoms with E-state index in [1.807, 2.05) is 24.4 Å². The Bertz CT molecular complexity index is 726. The molecule has 1 atom stereocenters. The quantitative estimate of drug-likeness (QED) is 0.742. The molecule has 2 heterocycles. The van der Waals surface area contributed by atoms with Gasteiger partial charge in [0.25, 0.3) is 5.91 Å². The van der Waals surface area contributed by atoms with Gasteiger partial charge in [0.05, 0.1) is 16.3 Å². The van der Waals surface area contributed by atoms with E-state index in [0.717, 1.165) is 22.2 Å². The monoisotopic (exact) mass is 298 g/mol. The van der Waals surface area contributed by atoms with E-state index in [9.17, 15) is 4.79 Å². The summed E-state index contributed by atoms with van der Waals surface area (Å²) < 4.78 is 1.11. The fourth-order valence-electron chi connectivity index (χ4n) is 2.37. The van der Waals surface area contributed by atoms with Gasteiger partial charge in [0.15, 0.2) is 0 Å². The van der Waals surface area contributed by atoms with Crippen LogP contribution in [0.25, 0.3) is 10.2 Å². The van der Waals surface area contributed by atoms with Crippen molar-refractivity contribution in [2.24, 2.45) is 0 Å². The number of aromatic amines is 1. The minimum Gasteiger partial charge on any atom is -0.350 e. The Morgan fingerprint density at radius 2 is 2.05 bits per heavy atom. The summed E-state index contributed by atoms with van der Waals surface area (Å²) in [4.78, 5) is 15.4. The lowest BCUT2D eigenvalue weighted by Crippen LogP contribution is -2.26. The number of carbonyl (C=O) groups excluding carboxylic acids is 1. The highest BCUT2D eigenvalue weighted by Gasteiger charge is 2.14. The Morgan fingerprint density at radius 3 is 2.71 bits per heavy atom. The van der Waals surface area contributed by atoms with Crippen LogP contribution < -0.4 is 5.32 Å². The number of carbonyl (C=O) groups is 1. The minimum absolute atomic E-state index is 0.00950. The van der Waals surface area contributed by atoms with E-state index in [2.05, 4.69) is 41.5 Å². The summed E-state index contributed by atoms with van der Waals surface area (Å²) in [6.45, 7) is 4.14. The SMILES string of the molecule is CCc1ccc(C(C)NC(=O)c2cc3sccc3[nH]2)cc1. The molecule has 0 aliphatic carbocycles. The average molecular weight is 298 g/mol. The van der Waals surface area contributed by atoms with E-state index >= 15 is 0 Å². The molecule has 1 unspecified atom stereocenters. The Hall–Kier alpha value is -2.07. The van der Waals surface area contributed by atoms with Gasteiger partial charge in [0.1, 0.15) is 5.69 Å². The predicted molar refractivity (Wildman–Crippen MR) is 87.9 cm³/mol. The molecule has 0 saturated heterocycles. The van der Waals surface area contributed by atoms with E-state index in [1.54, 1.807) is 11.3 Å². The second-order valence-electron chi connectivity index (χ2n) is 5.17. The molecule has 1 amide bonds. The number of rotatable bonds is 4. The maximum Gasteiger partial charge on any atom is 0.268 e. The van der Waals surface area contributed by atoms with Crippen LogP contribution in [0.5, 0.6) is 0 Å². The molecule has 2 aromatic heterocycles. The van der Waals surface area contributed by atoms with Gasteiger partial charge in [-0.25, -0.2) is 0 Å². The van der Waals surface area contributed by atoms with Crippen molar-refractivity contribution in [2.75, 3.05) is 0 Å². The summed E-state index contributed by atoms with van der Waals surface area (Å²) in [5, 5.41) is 5.05. The van der Waals surface area contributed by atoms with Crippen molar-refractivity contribution in [1.82, 2.24) is 10.3 Å². The molecule has 2 N–H and O–H groups in total. The largest absolute Gasteiger partial charge is 0.350 e. The maximum atomic E-state index is 12.3. The fourth-order valence-corrected chi connectivity index (χ4v) is 3.15. The number of benzene rings is 1. The molecule has 21 heavy (non-hydrogen) atoms. The highest BCUT2D eigenvalue weighted by molar-refractivity contribution is 7.17. The van der Waals surface area contributed by atoms with Crippen LogP contribution in [-0.2, 0) is 6.42 Å². The van der Waals surface area contributed by atoms with Gasteiger partial charge >= 0.3 is 0 Å². The maximum absolute atomic E-state index is 12.3. The second-order valence-corrected chi connectivity index (χ2v) is 6.12. The van der Waals surface area contributed by atoms with Gasteiger partial charge in [-0.1, -0.05) is 31.2 Å². The third-order valence-electron chi connectivity index (χ3n) is 3.72. The Morgan fingerprint density at radius 1 is 1.29 bits per heavy atom. The molecular formula is C17H18N2OS. The average Bonchev–Trinajstić information content (AvgIpc) is 3.08. The third-order valence-corrected chi connectivity index (χ3v) is 4.58. The number of hydrogen-bond acceptors (Lipinski definition) is 2. The van der Waals surface area contributed by atoms with Crippen LogP contribution in [0.4, 0.5) is 0 Å². The topological polar surface area (TPSA) is 44.9 Å². The van der Waals surface area contributed by atoms with E-state index in [4.69, 9.17) is 0 Å². The molecule has 3 rings (SSSR count). The zero-order chi connectivity index (χ0) is 14.8. The lowest BCUT2D eigenvalue weighted by molar-refractivity contribution is 0.0935. The molecule has 0 fully saturated rings. The van der Waals surface area contributed by atoms with Crippen molar-refractivity contribution in [3.8, 4) is 0 Å². The van der Waals surface area contributed by atoms with Crippen molar-refractivity contribution in [1.29, 1.82) is 0 Å². The van der Waals surface area contributed by atoms with E-state index in [-0.39, 0.29) is 11.9 Å². The first-order chi connectivity index (χ1) is 10.2. The van der Waals surface area contributed by atoms with E-state index in [0.29, 0.717) is 5.69 Å². The lowest BCUT2D eigenvalue weighted by Gasteiger charge is -2.14. The number of fused-ring (bicyclic) bond motifs is 1. The van der Waals surface area contributed by atoms with Gasteiger partial charge in [0, 0.05) is 0 Å². The molecule has 3 aromatic rings. The van der Waals surface area contributed by atoms with Gasteiger partial charge < -0.3 is 10.3 Å². The van der Waals surface area contributed by atoms with E-state index in [1.165, 1.54) is 5.56 Å². The molecule has 0 radical (unpaired) electrons. The Labute approximate surface area is 128 Å². The molecule has 0 spiro atoms. The van der Waals surface area contributed by atoms with Crippen LogP contribution in [0, 0.1) is 0 Å². The molecule has 108 valence electrons. The Kier molecular flexibility index (Phi) is 3.80. The number of aromatic nitrogens is 1. The number of aryl methyl sites for hydroxylation is 1. The van der Waals surface area contributed by atoms with Gasteiger partial charge in [-0.15, -0.1) is 11.3 Å². The molecule has 3 nitrogen and oxygen atoms in total. The first-order valence-electron chi connectivity index (χ1n) is 7.13. The highest BCUT2D eigenvalue weighted by Crippen LogP contribution is 2.22. The highest BCUT2D eigenvalue weighted by atomic mass is 32.1. The smallest absolute Gasteiger partial charge is 0.268 e. The van der Waals surface area contributed by atoms with Crippen LogP contribution in [-0.4, -0.2) is 10.9 Å². The zero-order valence-corrected chi connectivity index (χ0v) is 13.0. The van der Waals surface area contributed by atoms with Gasteiger partial charge in [-0.3, -0.25) is 4.79 Å². The van der Waals surface area contributed by atoms with Gasteiger partial charge in [0.2, 0.25) is 0 Å². The summed E-state index contributed by atoms with van der Waals surface area (Å²) in [5.74, 6) is -0.0644. The molecule has 0 aliphatic heterocycles. The molecule has 0 saturated carbocycles. The van der Waals surface area contributed by atoms with Crippen molar-refractivity contribution in [3.05, 3.63) is 58.6 Å². The first-order valence-corrected chi connectivity index (χ1v) is 8.01. The molecule has 0 aliphatic rings. The van der Waals surface area contributed by atoms with E-state index < -0.39 is 0 Å². The predicted octanol–water partition coefficient (Wildman–Crippen LogP) is 4.28. The van der Waals surface area contributed by atoms with Crippen LogP contribution in [0.2, 0.25) is 0 Å². The summed E-state index contributed by atoms with van der Waals surface area (Å²) in [6.07, 6.45) is 1.03. The van der Waals surface area contributed by atoms with Crippen molar-refractivity contribution in [3.63, 3.8) is 0 Å². The minimum atomic E-state index is -0.0644. The summed E-state index contributed by atoms with van der Waals surface area (Å²) in [6, 6.07) is 12.3. The number of hydrogen-bond donors (Lipinski definition) is 2. The first kappa shape index (κ1) is 13.9. The van der Waals surface area contributed by atoms with Crippen molar-refractivity contribution >= 4 is 27.5 Å². The van der Waals surface area contributed by atoms with Crippen LogP contribution in [0.3, 0.4) is 0 Å². The van der Waals surface area contributed by atoms with Crippen LogP contribution in [0.15, 0.2) is 41.8 Å². The van der Waals surface area contributed by atoms with Gasteiger partial charge in [-0.05, 0) is 42.0 Å². The van der Waals surface area contributed by atoms with Crippen molar-refractivity contribution in [2.45, 2.75) is 26.3 Å². The third kappa shape index (κ3) is 2.85. The molecular weight excluding hydrogens is 280 g/mol. The summed E-state index contributed by atoms with van der Waals surface area (Å²) in [5.41, 5.74) is 4.06. The van der Waals surface area contributed by atoms with Gasteiger partial charge in [-0.2, -0.15) is 0 Å². The number of thiophene rings is 1. The second kappa shape index (κ2) is 5.74. The normalized spacial score (nSPS) is 12.5. The van der Waals surface area contributed by atoms with Crippen LogP contribution in [0.1, 0.15) is 41.5 Å². The zero-order valence-electron chi connectivity index (χ0n) is 12.1. The number of nitrogens with one attached hydrogen (secondary N) is 2. The van der Waals surface area contributed by atoms with Crippen LogP contribution >= 0.6 is 11.3 Å². The lowest BCUT2D eigenvalue weighted by atomic mass is 10.0. The summed E-state index contributed by atoms with van der Waals surface area (Å²) in [7, 11) is 0. The Balaban J connectivity index is 1.72. The standard InChI is InChI=1S/C17H18N2OS/c1-3-12-4-6-13(7-5-12)11(2)18-17(20)15-10-16-14(19-15)8-9-21-16/h4-11,19H,3H2,1-2H3,(H,18,20). The number of amides is 1. The number of H-pyrrole nitrogens is 1. The van der Waals surface area contributed by atoms with Crippen molar-refractivity contribution < 1.29 is 4.79 Å². The summed E-state index contributed by atoms with van der Waals surface area (Å²) >= 11 is 1.63. The molecule has 0 bridgehead atoms. The fraction of sp³-hybridized carbons (Fsp3) is 0.235.